The van der Waals surface area contributed by atoms with Crippen LogP contribution in [-0.4, -0.2) is 25.0 Å². The van der Waals surface area contributed by atoms with Gasteiger partial charge in [0.2, 0.25) is 0 Å². The van der Waals surface area contributed by atoms with Gasteiger partial charge in [0.15, 0.2) is 17.5 Å². The number of hydrogen-bond acceptors (Lipinski definition) is 5. The molecule has 6 aromatic carbocycles. The highest BCUT2D eigenvalue weighted by Crippen LogP contribution is 2.42. The zero-order chi connectivity index (χ0) is 28.8. The van der Waals surface area contributed by atoms with Gasteiger partial charge in [-0.1, -0.05) is 103 Å². The molecule has 0 atom stereocenters. The number of benzene rings is 6. The lowest BCUT2D eigenvalue weighted by atomic mass is 9.89. The fourth-order valence-corrected chi connectivity index (χ4v) is 5.82. The maximum absolute atomic E-state index is 10.6. The second kappa shape index (κ2) is 10.2. The van der Waals surface area contributed by atoms with Crippen molar-refractivity contribution in [2.75, 3.05) is 0 Å². The fraction of sp³-hybridized carbons (Fsp3) is 0. The molecule has 2 aromatic heterocycles. The van der Waals surface area contributed by atoms with E-state index in [2.05, 4.69) is 53.5 Å². The van der Waals surface area contributed by atoms with Crippen LogP contribution < -0.4 is 0 Å². The summed E-state index contributed by atoms with van der Waals surface area (Å²) in [4.78, 5) is 19.2. The van der Waals surface area contributed by atoms with Gasteiger partial charge in [-0.2, -0.15) is 0 Å². The van der Waals surface area contributed by atoms with Crippen LogP contribution in [0, 0.1) is 0 Å². The van der Waals surface area contributed by atoms with Crippen LogP contribution in [-0.2, 0) is 0 Å². The molecule has 0 aliphatic carbocycles. The lowest BCUT2D eigenvalue weighted by molar-refractivity contribution is 0.480. The summed E-state index contributed by atoms with van der Waals surface area (Å²) in [5, 5.41) is 15.9. The first-order chi connectivity index (χ1) is 21.2. The zero-order valence-electron chi connectivity index (χ0n) is 23.0. The minimum atomic E-state index is 0.171. The number of fused-ring (bicyclic) bond motifs is 3. The largest absolute Gasteiger partial charge is 0.506 e. The average molecular weight is 553 g/mol. The van der Waals surface area contributed by atoms with Crippen molar-refractivity contribution in [3.8, 4) is 51.0 Å². The number of aromatic hydroxyl groups is 1. The third kappa shape index (κ3) is 4.35. The van der Waals surface area contributed by atoms with E-state index >= 15 is 0 Å². The van der Waals surface area contributed by atoms with Crippen LogP contribution in [0.25, 0.3) is 77.7 Å². The van der Waals surface area contributed by atoms with E-state index in [-0.39, 0.29) is 5.75 Å². The summed E-state index contributed by atoms with van der Waals surface area (Å²) in [5.41, 5.74) is 5.49. The maximum Gasteiger partial charge on any atom is 0.164 e. The number of phenolic OH excluding ortho intramolecular Hbond substituents is 1. The normalized spacial score (nSPS) is 11.3. The zero-order valence-corrected chi connectivity index (χ0v) is 23.0. The summed E-state index contributed by atoms with van der Waals surface area (Å²) in [6.07, 6.45) is 1.71. The van der Waals surface area contributed by atoms with Gasteiger partial charge in [-0.05, 0) is 63.0 Å². The standard InChI is InChI=1S/C38H24N4O/c43-33-20-19-31(32-16-9-21-39-35(32)33)34-29-15-8-7-14-26(29)22-28-23-27(17-18-30(28)34)38-41-36(24-10-3-1-4-11-24)40-37(42-38)25-12-5-2-6-13-25/h1-23,43H. The van der Waals surface area contributed by atoms with E-state index in [1.165, 1.54) is 0 Å². The second-order valence-electron chi connectivity index (χ2n) is 10.5. The Morgan fingerprint density at radius 3 is 1.77 bits per heavy atom. The SMILES string of the molecule is Oc1ccc(-c2c3ccccc3cc3cc(-c4nc(-c5ccccc5)nc(-c5ccccc5)n4)ccc23)c2cccnc12. The van der Waals surface area contributed by atoms with Gasteiger partial charge in [0.1, 0.15) is 11.3 Å². The van der Waals surface area contributed by atoms with Crippen LogP contribution in [0.2, 0.25) is 0 Å². The Kier molecular flexibility index (Phi) is 5.86. The second-order valence-corrected chi connectivity index (χ2v) is 10.5. The number of nitrogens with zero attached hydrogens (tertiary/aromatic N) is 4. The van der Waals surface area contributed by atoms with Crippen molar-refractivity contribution in [3.05, 3.63) is 140 Å². The highest BCUT2D eigenvalue weighted by atomic mass is 16.3. The summed E-state index contributed by atoms with van der Waals surface area (Å²) in [6.45, 7) is 0. The molecule has 0 spiro atoms. The molecule has 0 unspecified atom stereocenters. The molecule has 0 fully saturated rings. The molecule has 0 aliphatic heterocycles. The summed E-state index contributed by atoms with van der Waals surface area (Å²) >= 11 is 0. The molecule has 8 rings (SSSR count). The molecule has 202 valence electrons. The van der Waals surface area contributed by atoms with Crippen molar-refractivity contribution in [1.82, 2.24) is 19.9 Å². The molecular formula is C38H24N4O. The average Bonchev–Trinajstić information content (AvgIpc) is 3.08. The van der Waals surface area contributed by atoms with Crippen molar-refractivity contribution < 1.29 is 5.11 Å². The first-order valence-corrected chi connectivity index (χ1v) is 14.1. The first kappa shape index (κ1) is 24.8. The molecule has 0 saturated carbocycles. The Hall–Kier alpha value is -5.94. The van der Waals surface area contributed by atoms with E-state index in [1.54, 1.807) is 12.3 Å². The van der Waals surface area contributed by atoms with Crippen LogP contribution in [0.3, 0.4) is 0 Å². The number of pyridine rings is 1. The van der Waals surface area contributed by atoms with E-state index in [1.807, 2.05) is 78.9 Å². The molecule has 0 radical (unpaired) electrons. The summed E-state index contributed by atoms with van der Waals surface area (Å²) < 4.78 is 0. The number of phenols is 1. The molecule has 0 aliphatic rings. The minimum Gasteiger partial charge on any atom is -0.506 e. The van der Waals surface area contributed by atoms with Crippen LogP contribution >= 0.6 is 0 Å². The Balaban J connectivity index is 1.38. The summed E-state index contributed by atoms with van der Waals surface area (Å²) in [6, 6.07) is 44.7. The summed E-state index contributed by atoms with van der Waals surface area (Å²) in [7, 11) is 0. The topological polar surface area (TPSA) is 71.8 Å². The first-order valence-electron chi connectivity index (χ1n) is 14.1. The molecule has 2 heterocycles. The van der Waals surface area contributed by atoms with E-state index in [9.17, 15) is 5.11 Å². The van der Waals surface area contributed by atoms with Crippen LogP contribution in [0.15, 0.2) is 140 Å². The van der Waals surface area contributed by atoms with Gasteiger partial charge in [-0.15, -0.1) is 0 Å². The van der Waals surface area contributed by atoms with Crippen LogP contribution in [0.5, 0.6) is 5.75 Å². The van der Waals surface area contributed by atoms with E-state index in [0.717, 1.165) is 54.7 Å². The Labute approximate surface area is 247 Å². The molecule has 5 nitrogen and oxygen atoms in total. The van der Waals surface area contributed by atoms with Gasteiger partial charge in [-0.3, -0.25) is 4.98 Å². The van der Waals surface area contributed by atoms with Crippen LogP contribution in [0.4, 0.5) is 0 Å². The third-order valence-corrected chi connectivity index (χ3v) is 7.84. The smallest absolute Gasteiger partial charge is 0.164 e. The van der Waals surface area contributed by atoms with Gasteiger partial charge in [-0.25, -0.2) is 15.0 Å². The number of aromatic nitrogens is 4. The van der Waals surface area contributed by atoms with E-state index < -0.39 is 0 Å². The highest BCUT2D eigenvalue weighted by molar-refractivity contribution is 6.17. The Morgan fingerprint density at radius 2 is 1.05 bits per heavy atom. The van der Waals surface area contributed by atoms with Gasteiger partial charge >= 0.3 is 0 Å². The minimum absolute atomic E-state index is 0.171. The van der Waals surface area contributed by atoms with Crippen molar-refractivity contribution in [3.63, 3.8) is 0 Å². The molecule has 0 saturated heterocycles. The van der Waals surface area contributed by atoms with Crippen LogP contribution in [0.1, 0.15) is 0 Å². The Bertz CT molecular complexity index is 2240. The van der Waals surface area contributed by atoms with Gasteiger partial charge in [0.25, 0.3) is 0 Å². The van der Waals surface area contributed by atoms with Gasteiger partial charge in [0.05, 0.1) is 0 Å². The number of hydrogen-bond donors (Lipinski definition) is 1. The van der Waals surface area contributed by atoms with Gasteiger partial charge in [0, 0.05) is 28.3 Å². The van der Waals surface area contributed by atoms with Crippen molar-refractivity contribution >= 4 is 32.4 Å². The maximum atomic E-state index is 10.6. The molecule has 8 aromatic rings. The fourth-order valence-electron chi connectivity index (χ4n) is 5.82. The van der Waals surface area contributed by atoms with Crippen molar-refractivity contribution in [1.29, 1.82) is 0 Å². The van der Waals surface area contributed by atoms with Crippen molar-refractivity contribution in [2.24, 2.45) is 0 Å². The number of rotatable bonds is 4. The Morgan fingerprint density at radius 1 is 0.442 bits per heavy atom. The lowest BCUT2D eigenvalue weighted by Gasteiger charge is -2.15. The third-order valence-electron chi connectivity index (χ3n) is 7.84. The molecule has 0 amide bonds. The molecule has 43 heavy (non-hydrogen) atoms. The highest BCUT2D eigenvalue weighted by Gasteiger charge is 2.17. The molecule has 1 N–H and O–H groups in total. The van der Waals surface area contributed by atoms with E-state index in [0.29, 0.717) is 23.0 Å². The van der Waals surface area contributed by atoms with Crippen molar-refractivity contribution in [2.45, 2.75) is 0 Å². The molecule has 5 heteroatoms. The van der Waals surface area contributed by atoms with E-state index in [4.69, 9.17) is 15.0 Å². The summed E-state index contributed by atoms with van der Waals surface area (Å²) in [5.74, 6) is 2.05. The van der Waals surface area contributed by atoms with Gasteiger partial charge < -0.3 is 5.11 Å². The molecule has 0 bridgehead atoms. The quantitative estimate of drug-likeness (QED) is 0.221. The monoisotopic (exact) mass is 552 g/mol. The lowest BCUT2D eigenvalue weighted by Crippen LogP contribution is -2.00. The predicted molar refractivity (Wildman–Crippen MR) is 174 cm³/mol. The molecular weight excluding hydrogens is 528 g/mol. The predicted octanol–water partition coefficient (Wildman–Crippen LogP) is 9.10.